The van der Waals surface area contributed by atoms with Crippen LogP contribution in [0.2, 0.25) is 0 Å². The molecule has 0 unspecified atom stereocenters. The lowest BCUT2D eigenvalue weighted by Gasteiger charge is -2.12. The molecule has 0 aliphatic rings. The number of benzene rings is 1. The van der Waals surface area contributed by atoms with Gasteiger partial charge in [-0.2, -0.15) is 0 Å². The first-order valence-corrected chi connectivity index (χ1v) is 8.22. The van der Waals surface area contributed by atoms with Crippen molar-refractivity contribution in [1.29, 1.82) is 0 Å². The molecule has 2 aromatic rings. The Hall–Kier alpha value is -1.32. The molecule has 1 aromatic heterocycles. The number of aromatic nitrogens is 1. The molecule has 112 valence electrons. The summed E-state index contributed by atoms with van der Waals surface area (Å²) in [6, 6.07) is 11.4. The third-order valence-corrected chi connectivity index (χ3v) is 4.22. The Kier molecular flexibility index (Phi) is 5.43. The minimum absolute atomic E-state index is 0.512. The van der Waals surface area contributed by atoms with E-state index in [4.69, 9.17) is 0 Å². The Morgan fingerprint density at radius 1 is 1.10 bits per heavy atom. The van der Waals surface area contributed by atoms with Crippen molar-refractivity contribution in [1.82, 2.24) is 10.3 Å². The molecule has 0 spiro atoms. The highest BCUT2D eigenvalue weighted by Crippen LogP contribution is 2.28. The number of hydrogen-bond acceptors (Lipinski definition) is 3. The van der Waals surface area contributed by atoms with Crippen molar-refractivity contribution < 1.29 is 0 Å². The van der Waals surface area contributed by atoms with Gasteiger partial charge in [-0.1, -0.05) is 31.7 Å². The molecule has 0 aliphatic carbocycles. The average Bonchev–Trinajstić information content (AvgIpc) is 2.36. The molecule has 0 amide bonds. The summed E-state index contributed by atoms with van der Waals surface area (Å²) in [6.07, 6.45) is 0. The van der Waals surface area contributed by atoms with Crippen LogP contribution in [0, 0.1) is 20.8 Å². The van der Waals surface area contributed by atoms with E-state index in [1.165, 1.54) is 21.6 Å². The van der Waals surface area contributed by atoms with Crippen molar-refractivity contribution in [2.75, 3.05) is 0 Å². The van der Waals surface area contributed by atoms with Gasteiger partial charge in [0.25, 0.3) is 0 Å². The topological polar surface area (TPSA) is 24.9 Å². The normalized spacial score (nSPS) is 11.1. The molecule has 3 heteroatoms. The summed E-state index contributed by atoms with van der Waals surface area (Å²) in [5.74, 6) is 0. The maximum absolute atomic E-state index is 4.59. The second-order valence-corrected chi connectivity index (χ2v) is 6.94. The molecule has 0 saturated carbocycles. The van der Waals surface area contributed by atoms with E-state index in [1.54, 1.807) is 11.8 Å². The van der Waals surface area contributed by atoms with Crippen LogP contribution in [0.1, 0.15) is 36.2 Å². The first-order chi connectivity index (χ1) is 9.94. The molecule has 2 nitrogen and oxygen atoms in total. The zero-order valence-electron chi connectivity index (χ0n) is 13.5. The zero-order valence-corrected chi connectivity index (χ0v) is 14.3. The van der Waals surface area contributed by atoms with Crippen LogP contribution in [0.3, 0.4) is 0 Å². The Bertz CT molecular complexity index is 600. The number of pyridine rings is 1. The van der Waals surface area contributed by atoms with Gasteiger partial charge in [0.1, 0.15) is 5.03 Å². The van der Waals surface area contributed by atoms with Crippen molar-refractivity contribution in [3.63, 3.8) is 0 Å². The molecular weight excluding hydrogens is 276 g/mol. The molecule has 0 radical (unpaired) electrons. The minimum atomic E-state index is 0.512. The van der Waals surface area contributed by atoms with Gasteiger partial charge in [-0.3, -0.25) is 0 Å². The minimum Gasteiger partial charge on any atom is -0.310 e. The van der Waals surface area contributed by atoms with Crippen LogP contribution in [-0.4, -0.2) is 11.0 Å². The molecule has 0 aliphatic heterocycles. The van der Waals surface area contributed by atoms with E-state index in [2.05, 4.69) is 68.3 Å². The van der Waals surface area contributed by atoms with Crippen LogP contribution in [0.15, 0.2) is 40.3 Å². The molecule has 0 saturated heterocycles. The van der Waals surface area contributed by atoms with Crippen molar-refractivity contribution in [3.8, 4) is 0 Å². The molecule has 2 rings (SSSR count). The molecule has 1 aromatic carbocycles. The summed E-state index contributed by atoms with van der Waals surface area (Å²) in [7, 11) is 0. The molecule has 0 fully saturated rings. The van der Waals surface area contributed by atoms with Crippen LogP contribution >= 0.6 is 11.8 Å². The first kappa shape index (κ1) is 16.1. The van der Waals surface area contributed by atoms with E-state index in [0.717, 1.165) is 17.3 Å². The fourth-order valence-corrected chi connectivity index (χ4v) is 3.27. The summed E-state index contributed by atoms with van der Waals surface area (Å²) in [4.78, 5) is 5.84. The molecule has 0 atom stereocenters. The predicted octanol–water partition coefficient (Wildman–Crippen LogP) is 4.66. The number of hydrogen-bond donors (Lipinski definition) is 1. The van der Waals surface area contributed by atoms with E-state index in [9.17, 15) is 0 Å². The lowest BCUT2D eigenvalue weighted by molar-refractivity contribution is 0.587. The van der Waals surface area contributed by atoms with Crippen LogP contribution in [0.5, 0.6) is 0 Å². The summed E-state index contributed by atoms with van der Waals surface area (Å²) >= 11 is 1.73. The van der Waals surface area contributed by atoms with Gasteiger partial charge in [0.2, 0.25) is 0 Å². The van der Waals surface area contributed by atoms with Crippen LogP contribution in [-0.2, 0) is 6.54 Å². The second kappa shape index (κ2) is 7.10. The smallest absolute Gasteiger partial charge is 0.101 e. The fraction of sp³-hybridized carbons (Fsp3) is 0.389. The van der Waals surface area contributed by atoms with Gasteiger partial charge in [0.05, 0.1) is 0 Å². The van der Waals surface area contributed by atoms with Gasteiger partial charge in [-0.15, -0.1) is 0 Å². The van der Waals surface area contributed by atoms with E-state index in [1.807, 2.05) is 6.92 Å². The van der Waals surface area contributed by atoms with E-state index >= 15 is 0 Å². The summed E-state index contributed by atoms with van der Waals surface area (Å²) in [5, 5.41) is 4.54. The van der Waals surface area contributed by atoms with Gasteiger partial charge >= 0.3 is 0 Å². The summed E-state index contributed by atoms with van der Waals surface area (Å²) < 4.78 is 0. The zero-order chi connectivity index (χ0) is 15.4. The van der Waals surface area contributed by atoms with Gasteiger partial charge < -0.3 is 5.32 Å². The fourth-order valence-electron chi connectivity index (χ4n) is 2.22. The summed E-state index contributed by atoms with van der Waals surface area (Å²) in [5.41, 5.74) is 5.03. The van der Waals surface area contributed by atoms with E-state index in [0.29, 0.717) is 6.04 Å². The highest BCUT2D eigenvalue weighted by Gasteiger charge is 2.05. The summed E-state index contributed by atoms with van der Waals surface area (Å²) in [6.45, 7) is 11.6. The predicted molar refractivity (Wildman–Crippen MR) is 91.0 cm³/mol. The van der Waals surface area contributed by atoms with Crippen molar-refractivity contribution in [3.05, 3.63) is 52.7 Å². The van der Waals surface area contributed by atoms with Gasteiger partial charge in [0, 0.05) is 23.2 Å². The highest BCUT2D eigenvalue weighted by atomic mass is 32.2. The highest BCUT2D eigenvalue weighted by molar-refractivity contribution is 7.99. The maximum Gasteiger partial charge on any atom is 0.101 e. The molecular formula is C18H24N2S. The monoisotopic (exact) mass is 300 g/mol. The second-order valence-electron chi connectivity index (χ2n) is 5.85. The molecule has 0 bridgehead atoms. The quantitative estimate of drug-likeness (QED) is 0.869. The van der Waals surface area contributed by atoms with Crippen molar-refractivity contribution in [2.24, 2.45) is 0 Å². The molecule has 21 heavy (non-hydrogen) atoms. The number of nitrogens with zero attached hydrogens (tertiary/aromatic N) is 1. The lowest BCUT2D eigenvalue weighted by Crippen LogP contribution is -2.22. The van der Waals surface area contributed by atoms with Gasteiger partial charge in [-0.25, -0.2) is 4.98 Å². The van der Waals surface area contributed by atoms with Crippen molar-refractivity contribution >= 4 is 11.8 Å². The van der Waals surface area contributed by atoms with Crippen LogP contribution in [0.4, 0.5) is 0 Å². The number of rotatable bonds is 5. The van der Waals surface area contributed by atoms with Crippen molar-refractivity contribution in [2.45, 2.75) is 57.1 Å². The van der Waals surface area contributed by atoms with Crippen LogP contribution < -0.4 is 5.32 Å². The van der Waals surface area contributed by atoms with E-state index in [-0.39, 0.29) is 0 Å². The molecule has 1 N–H and O–H groups in total. The Balaban J connectivity index is 2.12. The Morgan fingerprint density at radius 3 is 2.48 bits per heavy atom. The van der Waals surface area contributed by atoms with Crippen LogP contribution in [0.25, 0.3) is 0 Å². The average molecular weight is 300 g/mol. The van der Waals surface area contributed by atoms with Gasteiger partial charge in [0.15, 0.2) is 0 Å². The SMILES string of the molecule is Cc1cc(C)nc(Sc2ccc(CNC(C)C)c(C)c2)c1. The standard InChI is InChI=1S/C18H24N2S/c1-12(2)19-11-16-6-7-17(10-14(16)4)21-18-9-13(3)8-15(5)20-18/h6-10,12,19H,11H2,1-5H3. The largest absolute Gasteiger partial charge is 0.310 e. The maximum atomic E-state index is 4.59. The number of aryl methyl sites for hydroxylation is 3. The molecule has 1 heterocycles. The van der Waals surface area contributed by atoms with E-state index < -0.39 is 0 Å². The third kappa shape index (κ3) is 4.87. The van der Waals surface area contributed by atoms with Gasteiger partial charge in [-0.05, 0) is 61.7 Å². The third-order valence-electron chi connectivity index (χ3n) is 3.31. The Morgan fingerprint density at radius 2 is 1.86 bits per heavy atom. The number of nitrogens with one attached hydrogen (secondary N) is 1. The first-order valence-electron chi connectivity index (χ1n) is 7.40. The Labute approximate surface area is 132 Å². The lowest BCUT2D eigenvalue weighted by atomic mass is 10.1.